The van der Waals surface area contributed by atoms with Gasteiger partial charge in [0, 0.05) is 22.2 Å². The van der Waals surface area contributed by atoms with Crippen molar-refractivity contribution in [2.45, 2.75) is 37.1 Å². The van der Waals surface area contributed by atoms with Crippen LogP contribution in [0.2, 0.25) is 0 Å². The Labute approximate surface area is 203 Å². The summed E-state index contributed by atoms with van der Waals surface area (Å²) in [6.07, 6.45) is 0. The summed E-state index contributed by atoms with van der Waals surface area (Å²) < 4.78 is 19.6. The van der Waals surface area contributed by atoms with Crippen molar-refractivity contribution in [3.05, 3.63) is 104 Å². The van der Waals surface area contributed by atoms with Crippen molar-refractivity contribution in [3.8, 4) is 5.75 Å². The molecule has 9 heteroatoms. The smallest absolute Gasteiger partial charge is 0.256 e. The van der Waals surface area contributed by atoms with Gasteiger partial charge in [-0.15, -0.1) is 0 Å². The van der Waals surface area contributed by atoms with Gasteiger partial charge in [0.15, 0.2) is 5.54 Å². The minimum absolute atomic E-state index is 0.247. The molecule has 1 fully saturated rings. The topological polar surface area (TPSA) is 93.5 Å². The Bertz CT molecular complexity index is 1290. The number of amides is 1. The summed E-state index contributed by atoms with van der Waals surface area (Å²) >= 11 is 3.51. The number of nitrogens with one attached hydrogen (secondary N) is 2. The molecule has 0 radical (unpaired) electrons. The van der Waals surface area contributed by atoms with Crippen LogP contribution in [0.15, 0.2) is 71.2 Å². The minimum atomic E-state index is -1.45. The fourth-order valence-electron chi connectivity index (χ4n) is 5.14. The molecule has 0 aromatic heterocycles. The zero-order valence-electron chi connectivity index (χ0n) is 18.1. The van der Waals surface area contributed by atoms with E-state index < -0.39 is 23.4 Å². The van der Waals surface area contributed by atoms with Crippen molar-refractivity contribution in [2.24, 2.45) is 0 Å². The molecule has 2 heterocycles. The van der Waals surface area contributed by atoms with Crippen LogP contribution < -0.4 is 15.4 Å². The summed E-state index contributed by atoms with van der Waals surface area (Å²) in [6, 6.07) is 16.9. The van der Waals surface area contributed by atoms with Crippen LogP contribution in [-0.4, -0.2) is 22.9 Å². The number of nitro groups is 1. The number of ether oxygens (including phenoxy) is 1. The third-order valence-corrected chi connectivity index (χ3v) is 7.23. The van der Waals surface area contributed by atoms with Crippen LogP contribution in [-0.2, 0) is 16.9 Å². The molecule has 0 unspecified atom stereocenters. The highest BCUT2D eigenvalue weighted by Crippen LogP contribution is 2.50. The number of rotatable bonds is 5. The number of halogens is 2. The standard InChI is InChI=1S/C25H21BrFN3O4/c1-14-22(16-8-11-21(19(26)12-16)34-13-15-6-9-17(27)10-7-15)23(30(32)33)25(29-14)18-4-2-3-5-20(18)28-24(25)31/h2-12,14,22-23,29H,13H2,1H3,(H,28,31)/t14-,22-,23-,25-/m0/s1. The minimum Gasteiger partial charge on any atom is -0.488 e. The quantitative estimate of drug-likeness (QED) is 0.370. The van der Waals surface area contributed by atoms with E-state index in [-0.39, 0.29) is 23.4 Å². The van der Waals surface area contributed by atoms with Gasteiger partial charge in [-0.3, -0.25) is 20.2 Å². The molecule has 1 spiro atoms. The fraction of sp³-hybridized carbons (Fsp3) is 0.240. The number of hydrogen-bond acceptors (Lipinski definition) is 5. The Kier molecular flexibility index (Phi) is 5.61. The van der Waals surface area contributed by atoms with Crippen LogP contribution >= 0.6 is 15.9 Å². The van der Waals surface area contributed by atoms with E-state index in [1.54, 1.807) is 54.6 Å². The average molecular weight is 526 g/mol. The molecule has 3 aromatic rings. The van der Waals surface area contributed by atoms with Crippen LogP contribution in [0.5, 0.6) is 5.75 Å². The monoisotopic (exact) mass is 525 g/mol. The Morgan fingerprint density at radius 2 is 1.88 bits per heavy atom. The number of anilines is 1. The predicted octanol–water partition coefficient (Wildman–Crippen LogP) is 4.74. The third-order valence-electron chi connectivity index (χ3n) is 6.61. The molecular weight excluding hydrogens is 505 g/mol. The molecule has 7 nitrogen and oxygen atoms in total. The molecule has 0 aliphatic carbocycles. The number of fused-ring (bicyclic) bond motifs is 2. The average Bonchev–Trinajstić information content (AvgIpc) is 3.28. The van der Waals surface area contributed by atoms with Crippen LogP contribution in [0.25, 0.3) is 0 Å². The van der Waals surface area contributed by atoms with Crippen LogP contribution in [0, 0.1) is 15.9 Å². The van der Waals surface area contributed by atoms with Gasteiger partial charge in [-0.05, 0) is 64.3 Å². The number of benzene rings is 3. The van der Waals surface area contributed by atoms with Gasteiger partial charge in [-0.25, -0.2) is 4.39 Å². The van der Waals surface area contributed by atoms with Gasteiger partial charge in [0.1, 0.15) is 18.2 Å². The van der Waals surface area contributed by atoms with Crippen molar-refractivity contribution in [1.82, 2.24) is 5.32 Å². The van der Waals surface area contributed by atoms with Gasteiger partial charge in [0.2, 0.25) is 0 Å². The van der Waals surface area contributed by atoms with Gasteiger partial charge in [-0.2, -0.15) is 0 Å². The van der Waals surface area contributed by atoms with Crippen LogP contribution in [0.3, 0.4) is 0 Å². The lowest BCUT2D eigenvalue weighted by Crippen LogP contribution is -2.54. The summed E-state index contributed by atoms with van der Waals surface area (Å²) in [5.41, 5.74) is 1.26. The molecular formula is C25H21BrFN3O4. The zero-order chi connectivity index (χ0) is 24.0. The van der Waals surface area contributed by atoms with E-state index in [9.17, 15) is 19.3 Å². The number of nitrogens with zero attached hydrogens (tertiary/aromatic N) is 1. The lowest BCUT2D eigenvalue weighted by atomic mass is 9.78. The van der Waals surface area contributed by atoms with Crippen molar-refractivity contribution in [1.29, 1.82) is 0 Å². The summed E-state index contributed by atoms with van der Waals surface area (Å²) in [7, 11) is 0. The normalized spacial score (nSPS) is 25.3. The zero-order valence-corrected chi connectivity index (χ0v) is 19.7. The van der Waals surface area contributed by atoms with Gasteiger partial charge in [0.25, 0.3) is 11.9 Å². The van der Waals surface area contributed by atoms with Gasteiger partial charge < -0.3 is 10.1 Å². The molecule has 2 aliphatic heterocycles. The first-order valence-corrected chi connectivity index (χ1v) is 11.6. The first-order chi connectivity index (χ1) is 16.3. The SMILES string of the molecule is C[C@@H]1N[C@]2(C(=O)Nc3ccccc32)[C@@H]([N+](=O)[O-])[C@@H]1c1ccc(OCc2ccc(F)cc2)c(Br)c1. The highest BCUT2D eigenvalue weighted by molar-refractivity contribution is 9.10. The highest BCUT2D eigenvalue weighted by Gasteiger charge is 2.67. The number of carbonyl (C=O) groups excluding carboxylic acids is 1. The van der Waals surface area contributed by atoms with Crippen LogP contribution in [0.1, 0.15) is 29.5 Å². The number of carbonyl (C=O) groups is 1. The second kappa shape index (κ2) is 8.48. The first kappa shape index (κ1) is 22.5. The van der Waals surface area contributed by atoms with Crippen molar-refractivity contribution in [3.63, 3.8) is 0 Å². The highest BCUT2D eigenvalue weighted by atomic mass is 79.9. The molecule has 2 aliphatic rings. The largest absolute Gasteiger partial charge is 0.488 e. The van der Waals surface area contributed by atoms with Crippen molar-refractivity contribution < 1.29 is 18.8 Å². The second-order valence-corrected chi connectivity index (χ2v) is 9.46. The van der Waals surface area contributed by atoms with E-state index >= 15 is 0 Å². The maximum absolute atomic E-state index is 13.1. The summed E-state index contributed by atoms with van der Waals surface area (Å²) in [5.74, 6) is -0.731. The molecule has 1 saturated heterocycles. The molecule has 1 amide bonds. The molecule has 0 saturated carbocycles. The van der Waals surface area contributed by atoms with E-state index in [0.29, 0.717) is 21.5 Å². The molecule has 5 rings (SSSR count). The number of para-hydroxylation sites is 1. The fourth-order valence-corrected chi connectivity index (χ4v) is 5.65. The lowest BCUT2D eigenvalue weighted by molar-refractivity contribution is -0.532. The van der Waals surface area contributed by atoms with E-state index in [0.717, 1.165) is 11.1 Å². The van der Waals surface area contributed by atoms with Gasteiger partial charge >= 0.3 is 0 Å². The molecule has 174 valence electrons. The van der Waals surface area contributed by atoms with Crippen molar-refractivity contribution in [2.75, 3.05) is 5.32 Å². The molecule has 4 atom stereocenters. The molecule has 34 heavy (non-hydrogen) atoms. The molecule has 0 bridgehead atoms. The Morgan fingerprint density at radius 1 is 1.15 bits per heavy atom. The van der Waals surface area contributed by atoms with E-state index in [2.05, 4.69) is 26.6 Å². The van der Waals surface area contributed by atoms with E-state index in [1.165, 1.54) is 12.1 Å². The van der Waals surface area contributed by atoms with Gasteiger partial charge in [-0.1, -0.05) is 36.4 Å². The summed E-state index contributed by atoms with van der Waals surface area (Å²) in [6.45, 7) is 2.11. The Balaban J connectivity index is 1.46. The van der Waals surface area contributed by atoms with Gasteiger partial charge in [0.05, 0.1) is 10.4 Å². The maximum atomic E-state index is 13.1. The Hall–Kier alpha value is -3.30. The van der Waals surface area contributed by atoms with Crippen LogP contribution in [0.4, 0.5) is 10.1 Å². The predicted molar refractivity (Wildman–Crippen MR) is 128 cm³/mol. The summed E-state index contributed by atoms with van der Waals surface area (Å²) in [5, 5.41) is 18.5. The Morgan fingerprint density at radius 3 is 2.59 bits per heavy atom. The molecule has 2 N–H and O–H groups in total. The second-order valence-electron chi connectivity index (χ2n) is 8.60. The lowest BCUT2D eigenvalue weighted by Gasteiger charge is -2.25. The third kappa shape index (κ3) is 3.56. The maximum Gasteiger partial charge on any atom is 0.256 e. The number of hydrogen-bond donors (Lipinski definition) is 2. The molecule has 3 aromatic carbocycles. The van der Waals surface area contributed by atoms with E-state index in [1.807, 2.05) is 6.92 Å². The van der Waals surface area contributed by atoms with E-state index in [4.69, 9.17) is 4.74 Å². The van der Waals surface area contributed by atoms with Crippen molar-refractivity contribution >= 4 is 27.5 Å². The first-order valence-electron chi connectivity index (χ1n) is 10.8. The summed E-state index contributed by atoms with van der Waals surface area (Å²) in [4.78, 5) is 25.2.